The van der Waals surface area contributed by atoms with E-state index in [2.05, 4.69) is 0 Å². The van der Waals surface area contributed by atoms with Gasteiger partial charge in [-0.25, -0.2) is 4.79 Å². The van der Waals surface area contributed by atoms with Crippen molar-refractivity contribution in [3.63, 3.8) is 0 Å². The molecule has 0 spiro atoms. The lowest BCUT2D eigenvalue weighted by Gasteiger charge is -2.28. The van der Waals surface area contributed by atoms with E-state index in [1.54, 1.807) is 20.8 Å². The van der Waals surface area contributed by atoms with Crippen molar-refractivity contribution in [3.05, 3.63) is 28.1 Å². The van der Waals surface area contributed by atoms with Gasteiger partial charge in [-0.1, -0.05) is 19.9 Å². The van der Waals surface area contributed by atoms with Crippen LogP contribution in [0.4, 0.5) is 0 Å². The summed E-state index contributed by atoms with van der Waals surface area (Å²) in [4.78, 5) is 29.7. The van der Waals surface area contributed by atoms with E-state index in [4.69, 9.17) is 9.57 Å². The highest BCUT2D eigenvalue weighted by molar-refractivity contribution is 7.11. The fourth-order valence-corrected chi connectivity index (χ4v) is 2.35. The minimum absolute atomic E-state index is 0.0714. The van der Waals surface area contributed by atoms with Gasteiger partial charge in [0.25, 0.3) is 5.91 Å². The number of hydrogen-bond donors (Lipinski definition) is 0. The summed E-state index contributed by atoms with van der Waals surface area (Å²) in [6, 6.07) is 3.69. The first kappa shape index (κ1) is 13.6. The Bertz CT molecular complexity index is 519. The molecule has 102 valence electrons. The highest BCUT2D eigenvalue weighted by atomic mass is 32.1. The van der Waals surface area contributed by atoms with Crippen LogP contribution in [-0.4, -0.2) is 23.7 Å². The minimum Gasteiger partial charge on any atom is -0.474 e. The van der Waals surface area contributed by atoms with E-state index < -0.39 is 5.97 Å². The van der Waals surface area contributed by atoms with Crippen molar-refractivity contribution >= 4 is 28.8 Å². The Morgan fingerprint density at radius 3 is 2.84 bits per heavy atom. The summed E-state index contributed by atoms with van der Waals surface area (Å²) in [6.45, 7) is 5.07. The number of rotatable bonds is 3. The Kier molecular flexibility index (Phi) is 3.90. The van der Waals surface area contributed by atoms with Crippen LogP contribution in [0.1, 0.15) is 25.6 Å². The molecule has 1 aromatic rings. The summed E-state index contributed by atoms with van der Waals surface area (Å²) in [6.07, 6.45) is 0. The molecule has 1 aliphatic heterocycles. The summed E-state index contributed by atoms with van der Waals surface area (Å²) in [5, 5.41) is 2.84. The maximum Gasteiger partial charge on any atom is 0.335 e. The third-order valence-electron chi connectivity index (χ3n) is 2.63. The van der Waals surface area contributed by atoms with Gasteiger partial charge in [0.2, 0.25) is 0 Å². The predicted octanol–water partition coefficient (Wildman–Crippen LogP) is 2.41. The molecule has 5 nitrogen and oxygen atoms in total. The fraction of sp³-hybridized carbons (Fsp3) is 0.385. The van der Waals surface area contributed by atoms with Crippen molar-refractivity contribution in [2.45, 2.75) is 20.8 Å². The average Bonchev–Trinajstić information content (AvgIpc) is 2.86. The Morgan fingerprint density at radius 2 is 2.26 bits per heavy atom. The van der Waals surface area contributed by atoms with Crippen LogP contribution >= 0.6 is 11.3 Å². The van der Waals surface area contributed by atoms with Gasteiger partial charge >= 0.3 is 5.97 Å². The summed E-state index contributed by atoms with van der Waals surface area (Å²) in [5.41, 5.74) is 0.442. The molecule has 0 atom stereocenters. The van der Waals surface area contributed by atoms with Crippen molar-refractivity contribution in [3.8, 4) is 0 Å². The maximum atomic E-state index is 12.3. The normalized spacial score (nSPS) is 15.8. The van der Waals surface area contributed by atoms with Gasteiger partial charge in [0.05, 0.1) is 11.5 Å². The summed E-state index contributed by atoms with van der Waals surface area (Å²) < 4.78 is 5.39. The molecule has 19 heavy (non-hydrogen) atoms. The highest BCUT2D eigenvalue weighted by Gasteiger charge is 2.31. The van der Waals surface area contributed by atoms with Crippen molar-refractivity contribution in [1.82, 2.24) is 5.06 Å². The fourth-order valence-electron chi connectivity index (χ4n) is 1.54. The van der Waals surface area contributed by atoms with Crippen molar-refractivity contribution in [2.75, 3.05) is 6.73 Å². The number of amides is 1. The van der Waals surface area contributed by atoms with E-state index in [0.29, 0.717) is 11.3 Å². The van der Waals surface area contributed by atoms with Crippen LogP contribution in [0.25, 0.3) is 5.57 Å². The second kappa shape index (κ2) is 5.44. The van der Waals surface area contributed by atoms with Crippen LogP contribution in [0.3, 0.4) is 0 Å². The smallest absolute Gasteiger partial charge is 0.335 e. The Labute approximate surface area is 115 Å². The van der Waals surface area contributed by atoms with E-state index >= 15 is 0 Å². The van der Waals surface area contributed by atoms with Gasteiger partial charge in [-0.2, -0.15) is 0 Å². The Morgan fingerprint density at radius 1 is 1.53 bits per heavy atom. The molecule has 0 aliphatic carbocycles. The average molecular weight is 281 g/mol. The van der Waals surface area contributed by atoms with Gasteiger partial charge in [-0.05, 0) is 18.4 Å². The number of carbonyl (C=O) groups is 2. The first-order valence-corrected chi connectivity index (χ1v) is 6.80. The molecule has 1 amide bonds. The first-order chi connectivity index (χ1) is 9.00. The topological polar surface area (TPSA) is 55.8 Å². The van der Waals surface area contributed by atoms with Gasteiger partial charge in [-0.15, -0.1) is 16.4 Å². The van der Waals surface area contributed by atoms with Gasteiger partial charge < -0.3 is 9.57 Å². The second-order valence-electron chi connectivity index (χ2n) is 4.43. The lowest BCUT2D eigenvalue weighted by Crippen LogP contribution is -2.40. The summed E-state index contributed by atoms with van der Waals surface area (Å²) in [7, 11) is 0. The van der Waals surface area contributed by atoms with Crippen LogP contribution in [0.2, 0.25) is 0 Å². The van der Waals surface area contributed by atoms with E-state index in [1.165, 1.54) is 11.3 Å². The molecule has 1 aromatic heterocycles. The predicted molar refractivity (Wildman–Crippen MR) is 70.6 cm³/mol. The third kappa shape index (κ3) is 2.78. The molecule has 0 N–H and O–H groups in total. The van der Waals surface area contributed by atoms with Gasteiger partial charge in [-0.3, -0.25) is 4.79 Å². The van der Waals surface area contributed by atoms with Crippen molar-refractivity contribution < 1.29 is 19.2 Å². The van der Waals surface area contributed by atoms with Crippen LogP contribution in [-0.2, 0) is 19.2 Å². The Balaban J connectivity index is 2.21. The van der Waals surface area contributed by atoms with E-state index in [0.717, 1.165) is 9.94 Å². The molecule has 0 fully saturated rings. The zero-order valence-corrected chi connectivity index (χ0v) is 11.8. The second-order valence-corrected chi connectivity index (χ2v) is 5.38. The maximum absolute atomic E-state index is 12.3. The molecule has 0 bridgehead atoms. The lowest BCUT2D eigenvalue weighted by atomic mass is 10.1. The molecule has 0 saturated carbocycles. The number of thiophene rings is 1. The third-order valence-corrected chi connectivity index (χ3v) is 3.52. The van der Waals surface area contributed by atoms with Gasteiger partial charge in [0, 0.05) is 4.88 Å². The quantitative estimate of drug-likeness (QED) is 0.853. The minimum atomic E-state index is -0.456. The first-order valence-electron chi connectivity index (χ1n) is 5.92. The molecule has 0 unspecified atom stereocenters. The zero-order valence-electron chi connectivity index (χ0n) is 11.0. The zero-order chi connectivity index (χ0) is 14.0. The number of nitrogens with zero attached hydrogens (tertiary/aromatic N) is 1. The number of hydrogen-bond acceptors (Lipinski definition) is 5. The monoisotopic (exact) mass is 281 g/mol. The van der Waals surface area contributed by atoms with Crippen molar-refractivity contribution in [2.24, 2.45) is 5.92 Å². The number of carbonyl (C=O) groups excluding carboxylic acids is 2. The number of ether oxygens (including phenoxy) is 1. The van der Waals surface area contributed by atoms with Gasteiger partial charge in [0.1, 0.15) is 5.76 Å². The molecule has 0 radical (unpaired) electrons. The Hall–Kier alpha value is -1.82. The number of hydroxylamine groups is 2. The van der Waals surface area contributed by atoms with Gasteiger partial charge in [0.15, 0.2) is 6.73 Å². The summed E-state index contributed by atoms with van der Waals surface area (Å²) in [5.74, 6) is -0.559. The molecule has 2 rings (SSSR count). The standard InChI is InChI=1S/C13H15NO4S/c1-8(2)13(16)18-14-7-17-9(3)11(12(14)15)10-5-4-6-19-10/h4-6,8H,7H2,1-3H3. The SMILES string of the molecule is CC1=C(c2cccs2)C(=O)N(OC(=O)C(C)C)CO1. The van der Waals surface area contributed by atoms with Crippen LogP contribution in [0.5, 0.6) is 0 Å². The molecule has 1 aliphatic rings. The summed E-state index contributed by atoms with van der Waals surface area (Å²) >= 11 is 1.44. The van der Waals surface area contributed by atoms with Crippen LogP contribution in [0, 0.1) is 5.92 Å². The molecule has 6 heteroatoms. The molecule has 0 saturated heterocycles. The lowest BCUT2D eigenvalue weighted by molar-refractivity contribution is -0.214. The molecule has 0 aromatic carbocycles. The molecular weight excluding hydrogens is 266 g/mol. The van der Waals surface area contributed by atoms with Crippen LogP contribution in [0.15, 0.2) is 23.3 Å². The van der Waals surface area contributed by atoms with Crippen LogP contribution < -0.4 is 0 Å². The highest BCUT2D eigenvalue weighted by Crippen LogP contribution is 2.29. The number of allylic oxidation sites excluding steroid dienone is 1. The van der Waals surface area contributed by atoms with E-state index in [-0.39, 0.29) is 18.6 Å². The molecular formula is C13H15NO4S. The van der Waals surface area contributed by atoms with E-state index in [9.17, 15) is 9.59 Å². The molecule has 2 heterocycles. The van der Waals surface area contributed by atoms with E-state index in [1.807, 2.05) is 17.5 Å². The largest absolute Gasteiger partial charge is 0.474 e. The van der Waals surface area contributed by atoms with Crippen molar-refractivity contribution in [1.29, 1.82) is 0 Å².